The van der Waals surface area contributed by atoms with Crippen molar-refractivity contribution in [3.63, 3.8) is 0 Å². The minimum absolute atomic E-state index is 0.514. The predicted octanol–water partition coefficient (Wildman–Crippen LogP) is 1.61. The van der Waals surface area contributed by atoms with E-state index in [0.717, 1.165) is 0 Å². The maximum absolute atomic E-state index is 11.4. The number of carboxylic acid groups (broad SMARTS) is 1. The van der Waals surface area contributed by atoms with Gasteiger partial charge in [0.15, 0.2) is 11.5 Å². The number of hydrogen-bond donors (Lipinski definition) is 2. The zero-order valence-corrected chi connectivity index (χ0v) is 11.1. The number of carboxylic acids is 1. The number of methoxy groups -OCH3 is 2. The predicted molar refractivity (Wildman–Crippen MR) is 68.2 cm³/mol. The van der Waals surface area contributed by atoms with Crippen molar-refractivity contribution in [2.45, 2.75) is 19.4 Å². The third kappa shape index (κ3) is 2.56. The molecular weight excluding hydrogens is 234 g/mol. The SMILES string of the molecule is CCNC(C)(C(=O)O)c1ccc(OC)c(OC)c1. The highest BCUT2D eigenvalue weighted by Gasteiger charge is 2.34. The molecule has 0 bridgehead atoms. The van der Waals surface area contributed by atoms with E-state index in [9.17, 15) is 9.90 Å². The Bertz CT molecular complexity index is 433. The summed E-state index contributed by atoms with van der Waals surface area (Å²) in [5.74, 6) is 0.155. The average Bonchev–Trinajstić information content (AvgIpc) is 2.37. The van der Waals surface area contributed by atoms with E-state index in [2.05, 4.69) is 5.32 Å². The molecule has 0 aliphatic carbocycles. The fourth-order valence-electron chi connectivity index (χ4n) is 1.80. The average molecular weight is 253 g/mol. The third-order valence-corrected chi connectivity index (χ3v) is 2.92. The number of aliphatic carboxylic acids is 1. The Morgan fingerprint density at radius 1 is 1.33 bits per heavy atom. The van der Waals surface area contributed by atoms with Gasteiger partial charge in [0.1, 0.15) is 5.54 Å². The van der Waals surface area contributed by atoms with Gasteiger partial charge in [0.05, 0.1) is 14.2 Å². The fourth-order valence-corrected chi connectivity index (χ4v) is 1.80. The molecular formula is C13H19NO4. The minimum atomic E-state index is -1.14. The van der Waals surface area contributed by atoms with Crippen molar-refractivity contribution in [1.82, 2.24) is 5.32 Å². The van der Waals surface area contributed by atoms with Crippen molar-refractivity contribution in [3.8, 4) is 11.5 Å². The molecule has 2 N–H and O–H groups in total. The van der Waals surface area contributed by atoms with Gasteiger partial charge in [-0.25, -0.2) is 4.79 Å². The van der Waals surface area contributed by atoms with Gasteiger partial charge >= 0.3 is 5.97 Å². The van der Waals surface area contributed by atoms with E-state index in [0.29, 0.717) is 23.6 Å². The lowest BCUT2D eigenvalue weighted by Crippen LogP contribution is -2.46. The maximum atomic E-state index is 11.4. The van der Waals surface area contributed by atoms with Gasteiger partial charge in [-0.05, 0) is 31.2 Å². The molecule has 0 fully saturated rings. The molecule has 0 aromatic heterocycles. The number of benzene rings is 1. The summed E-state index contributed by atoms with van der Waals surface area (Å²) in [5, 5.41) is 12.3. The summed E-state index contributed by atoms with van der Waals surface area (Å²) >= 11 is 0. The van der Waals surface area contributed by atoms with Crippen LogP contribution in [0.4, 0.5) is 0 Å². The topological polar surface area (TPSA) is 67.8 Å². The van der Waals surface area contributed by atoms with Gasteiger partial charge in [-0.1, -0.05) is 13.0 Å². The lowest BCUT2D eigenvalue weighted by atomic mass is 9.91. The molecule has 0 aliphatic heterocycles. The van der Waals surface area contributed by atoms with Crippen molar-refractivity contribution in [1.29, 1.82) is 0 Å². The standard InChI is InChI=1S/C13H19NO4/c1-5-14-13(2,12(15)16)9-6-7-10(17-3)11(8-9)18-4/h6-8,14H,5H2,1-4H3,(H,15,16). The van der Waals surface area contributed by atoms with Crippen molar-refractivity contribution >= 4 is 5.97 Å². The summed E-state index contributed by atoms with van der Waals surface area (Å²) in [7, 11) is 3.06. The highest BCUT2D eigenvalue weighted by Crippen LogP contribution is 2.32. The Morgan fingerprint density at radius 3 is 2.39 bits per heavy atom. The molecule has 1 aromatic carbocycles. The highest BCUT2D eigenvalue weighted by molar-refractivity contribution is 5.80. The van der Waals surface area contributed by atoms with Gasteiger partial charge in [-0.2, -0.15) is 0 Å². The molecule has 0 saturated heterocycles. The second-order valence-electron chi connectivity index (χ2n) is 4.03. The van der Waals surface area contributed by atoms with E-state index in [1.807, 2.05) is 6.92 Å². The first kappa shape index (κ1) is 14.3. The van der Waals surface area contributed by atoms with Gasteiger partial charge < -0.3 is 14.6 Å². The van der Waals surface area contributed by atoms with Crippen LogP contribution in [0.1, 0.15) is 19.4 Å². The van der Waals surface area contributed by atoms with Crippen LogP contribution in [0.15, 0.2) is 18.2 Å². The molecule has 0 aliphatic rings. The number of rotatable bonds is 6. The van der Waals surface area contributed by atoms with Gasteiger partial charge in [-0.3, -0.25) is 5.32 Å². The zero-order chi connectivity index (χ0) is 13.8. The van der Waals surface area contributed by atoms with Crippen LogP contribution in [0.25, 0.3) is 0 Å². The molecule has 1 aromatic rings. The number of ether oxygens (including phenoxy) is 2. The molecule has 0 heterocycles. The van der Waals surface area contributed by atoms with Gasteiger partial charge in [0, 0.05) is 0 Å². The Labute approximate surface area is 107 Å². The first-order valence-corrected chi connectivity index (χ1v) is 5.70. The number of hydrogen-bond acceptors (Lipinski definition) is 4. The van der Waals surface area contributed by atoms with Crippen LogP contribution in [0.5, 0.6) is 11.5 Å². The molecule has 18 heavy (non-hydrogen) atoms. The van der Waals surface area contributed by atoms with Crippen LogP contribution in [0, 0.1) is 0 Å². The zero-order valence-electron chi connectivity index (χ0n) is 11.1. The molecule has 5 heteroatoms. The van der Waals surface area contributed by atoms with Gasteiger partial charge in [0.25, 0.3) is 0 Å². The summed E-state index contributed by atoms with van der Waals surface area (Å²) < 4.78 is 10.3. The van der Waals surface area contributed by atoms with E-state index in [1.54, 1.807) is 25.1 Å². The first-order chi connectivity index (χ1) is 8.49. The van der Waals surface area contributed by atoms with E-state index < -0.39 is 11.5 Å². The smallest absolute Gasteiger partial charge is 0.328 e. The largest absolute Gasteiger partial charge is 0.493 e. The van der Waals surface area contributed by atoms with Crippen LogP contribution in [-0.4, -0.2) is 31.8 Å². The van der Waals surface area contributed by atoms with Crippen molar-refractivity contribution in [2.75, 3.05) is 20.8 Å². The summed E-state index contributed by atoms with van der Waals surface area (Å²) in [5.41, 5.74) is -0.525. The Morgan fingerprint density at radius 2 is 1.94 bits per heavy atom. The molecule has 0 spiro atoms. The van der Waals surface area contributed by atoms with Crippen molar-refractivity contribution < 1.29 is 19.4 Å². The molecule has 1 atom stereocenters. The second kappa shape index (κ2) is 5.73. The summed E-state index contributed by atoms with van der Waals surface area (Å²) in [6.45, 7) is 4.04. The lowest BCUT2D eigenvalue weighted by Gasteiger charge is -2.27. The quantitative estimate of drug-likeness (QED) is 0.806. The lowest BCUT2D eigenvalue weighted by molar-refractivity contribution is -0.144. The van der Waals surface area contributed by atoms with Crippen molar-refractivity contribution in [3.05, 3.63) is 23.8 Å². The van der Waals surface area contributed by atoms with E-state index in [-0.39, 0.29) is 0 Å². The minimum Gasteiger partial charge on any atom is -0.493 e. The summed E-state index contributed by atoms with van der Waals surface area (Å²) in [6, 6.07) is 5.10. The number of nitrogens with one attached hydrogen (secondary N) is 1. The molecule has 0 saturated carbocycles. The molecule has 1 unspecified atom stereocenters. The van der Waals surface area contributed by atoms with Crippen LogP contribution in [0.2, 0.25) is 0 Å². The fraction of sp³-hybridized carbons (Fsp3) is 0.462. The summed E-state index contributed by atoms with van der Waals surface area (Å²) in [4.78, 5) is 11.4. The normalized spacial score (nSPS) is 13.8. The van der Waals surface area contributed by atoms with Gasteiger partial charge in [0.2, 0.25) is 0 Å². The molecule has 1 rings (SSSR count). The number of likely N-dealkylation sites (N-methyl/N-ethyl adjacent to an activating group) is 1. The third-order valence-electron chi connectivity index (χ3n) is 2.92. The Balaban J connectivity index is 3.26. The van der Waals surface area contributed by atoms with E-state index in [4.69, 9.17) is 9.47 Å². The second-order valence-corrected chi connectivity index (χ2v) is 4.03. The van der Waals surface area contributed by atoms with Crippen LogP contribution in [-0.2, 0) is 10.3 Å². The highest BCUT2D eigenvalue weighted by atomic mass is 16.5. The molecule has 0 amide bonds. The van der Waals surface area contributed by atoms with Gasteiger partial charge in [-0.15, -0.1) is 0 Å². The van der Waals surface area contributed by atoms with E-state index >= 15 is 0 Å². The Hall–Kier alpha value is -1.75. The summed E-state index contributed by atoms with van der Waals surface area (Å²) in [6.07, 6.45) is 0. The monoisotopic (exact) mass is 253 g/mol. The van der Waals surface area contributed by atoms with Crippen LogP contribution in [0.3, 0.4) is 0 Å². The van der Waals surface area contributed by atoms with Crippen LogP contribution >= 0.6 is 0 Å². The molecule has 0 radical (unpaired) electrons. The van der Waals surface area contributed by atoms with Crippen LogP contribution < -0.4 is 14.8 Å². The van der Waals surface area contributed by atoms with Crippen molar-refractivity contribution in [2.24, 2.45) is 0 Å². The van der Waals surface area contributed by atoms with E-state index in [1.165, 1.54) is 14.2 Å². The Kier molecular flexibility index (Phi) is 4.55. The first-order valence-electron chi connectivity index (χ1n) is 5.70. The maximum Gasteiger partial charge on any atom is 0.328 e. The molecule has 100 valence electrons. The number of carbonyl (C=O) groups is 1. The molecule has 5 nitrogen and oxygen atoms in total.